The van der Waals surface area contributed by atoms with Crippen LogP contribution >= 0.6 is 0 Å². The summed E-state index contributed by atoms with van der Waals surface area (Å²) in [4.78, 5) is 12.1. The van der Waals surface area contributed by atoms with Crippen LogP contribution in [0.4, 0.5) is 5.69 Å². The van der Waals surface area contributed by atoms with E-state index < -0.39 is 0 Å². The summed E-state index contributed by atoms with van der Waals surface area (Å²) in [6, 6.07) is 13.7. The largest absolute Gasteiger partial charge is 0.496 e. The fraction of sp³-hybridized carbons (Fsp3) is 0.316. The van der Waals surface area contributed by atoms with Gasteiger partial charge >= 0.3 is 0 Å². The average Bonchev–Trinajstić information content (AvgIpc) is 2.55. The zero-order valence-corrected chi connectivity index (χ0v) is 14.1. The molecule has 2 rings (SSSR count). The van der Waals surface area contributed by atoms with Crippen LogP contribution in [0.1, 0.15) is 29.7 Å². The van der Waals surface area contributed by atoms with Crippen molar-refractivity contribution < 1.29 is 9.53 Å². The van der Waals surface area contributed by atoms with Gasteiger partial charge in [0.2, 0.25) is 5.91 Å². The molecule has 23 heavy (non-hydrogen) atoms. The number of benzene rings is 2. The van der Waals surface area contributed by atoms with Gasteiger partial charge in [0.05, 0.1) is 19.7 Å². The van der Waals surface area contributed by atoms with Gasteiger partial charge in [-0.15, -0.1) is 0 Å². The number of nitrogens with one attached hydrogen (secondary N) is 2. The molecular weight excluding hydrogens is 288 g/mol. The molecule has 0 saturated heterocycles. The van der Waals surface area contributed by atoms with Crippen molar-refractivity contribution in [2.75, 3.05) is 19.0 Å². The minimum atomic E-state index is -0.111. The molecule has 0 fully saturated rings. The quantitative estimate of drug-likeness (QED) is 0.857. The van der Waals surface area contributed by atoms with Crippen LogP contribution in [-0.2, 0) is 4.79 Å². The number of hydrogen-bond donors (Lipinski definition) is 2. The van der Waals surface area contributed by atoms with Crippen molar-refractivity contribution in [3.05, 3.63) is 59.2 Å². The van der Waals surface area contributed by atoms with Crippen LogP contribution in [0.25, 0.3) is 0 Å². The second-order valence-electron chi connectivity index (χ2n) is 5.68. The summed E-state index contributed by atoms with van der Waals surface area (Å²) in [5, 5.41) is 6.14. The third-order valence-electron chi connectivity index (χ3n) is 3.94. The highest BCUT2D eigenvalue weighted by Gasteiger charge is 2.13. The Morgan fingerprint density at radius 1 is 1.13 bits per heavy atom. The number of rotatable bonds is 6. The molecule has 122 valence electrons. The Morgan fingerprint density at radius 2 is 1.87 bits per heavy atom. The number of amides is 1. The molecule has 0 heterocycles. The van der Waals surface area contributed by atoms with E-state index in [1.165, 1.54) is 11.1 Å². The predicted octanol–water partition coefficient (Wildman–Crippen LogP) is 3.60. The molecule has 0 saturated carbocycles. The van der Waals surface area contributed by atoms with Gasteiger partial charge in [0.1, 0.15) is 5.75 Å². The molecule has 0 aliphatic rings. The molecular formula is C19H24N2O2. The summed E-state index contributed by atoms with van der Waals surface area (Å²) in [5.41, 5.74) is 4.37. The van der Waals surface area contributed by atoms with E-state index >= 15 is 0 Å². The Hall–Kier alpha value is -2.49. The standard InChI is InChI=1S/C19H24N2O2/c1-13-9-10-16(11-14(13)2)20-12-19(22)21-15(3)17-7-5-6-8-18(17)23-4/h5-11,15,20H,12H2,1-4H3,(H,21,22). The average molecular weight is 312 g/mol. The second kappa shape index (κ2) is 7.68. The summed E-state index contributed by atoms with van der Waals surface area (Å²) in [6.45, 7) is 6.32. The van der Waals surface area contributed by atoms with Gasteiger partial charge in [0, 0.05) is 11.3 Å². The molecule has 0 aliphatic heterocycles. The molecule has 1 atom stereocenters. The first kappa shape index (κ1) is 16.9. The maximum absolute atomic E-state index is 12.1. The van der Waals surface area contributed by atoms with E-state index in [4.69, 9.17) is 4.74 Å². The number of carbonyl (C=O) groups is 1. The minimum absolute atomic E-state index is 0.0540. The Labute approximate surface area is 137 Å². The molecule has 0 radical (unpaired) electrons. The lowest BCUT2D eigenvalue weighted by Crippen LogP contribution is -2.32. The van der Waals surface area contributed by atoms with Gasteiger partial charge in [-0.25, -0.2) is 0 Å². The van der Waals surface area contributed by atoms with Gasteiger partial charge in [-0.1, -0.05) is 24.3 Å². The van der Waals surface area contributed by atoms with Crippen LogP contribution in [-0.4, -0.2) is 19.6 Å². The summed E-state index contributed by atoms with van der Waals surface area (Å²) in [7, 11) is 1.63. The van der Waals surface area contributed by atoms with E-state index in [9.17, 15) is 4.79 Å². The lowest BCUT2D eigenvalue weighted by Gasteiger charge is -2.17. The second-order valence-corrected chi connectivity index (χ2v) is 5.68. The Morgan fingerprint density at radius 3 is 2.57 bits per heavy atom. The monoisotopic (exact) mass is 312 g/mol. The molecule has 4 nitrogen and oxygen atoms in total. The van der Waals surface area contributed by atoms with Gasteiger partial charge in [0.15, 0.2) is 0 Å². The van der Waals surface area contributed by atoms with E-state index in [0.29, 0.717) is 0 Å². The third-order valence-corrected chi connectivity index (χ3v) is 3.94. The molecule has 0 spiro atoms. The maximum atomic E-state index is 12.1. The van der Waals surface area contributed by atoms with Gasteiger partial charge in [0.25, 0.3) is 0 Å². The van der Waals surface area contributed by atoms with E-state index in [-0.39, 0.29) is 18.5 Å². The van der Waals surface area contributed by atoms with Crippen LogP contribution in [0.2, 0.25) is 0 Å². The zero-order valence-electron chi connectivity index (χ0n) is 14.1. The van der Waals surface area contributed by atoms with Gasteiger partial charge < -0.3 is 15.4 Å². The first-order valence-corrected chi connectivity index (χ1v) is 7.74. The predicted molar refractivity (Wildman–Crippen MR) is 94.0 cm³/mol. The Kier molecular flexibility index (Phi) is 5.63. The Balaban J connectivity index is 1.92. The number of carbonyl (C=O) groups excluding carboxylic acids is 1. The van der Waals surface area contributed by atoms with Crippen LogP contribution in [0.5, 0.6) is 5.75 Å². The van der Waals surface area contributed by atoms with Crippen molar-refractivity contribution in [2.24, 2.45) is 0 Å². The van der Waals surface area contributed by atoms with Crippen LogP contribution in [0.3, 0.4) is 0 Å². The topological polar surface area (TPSA) is 50.4 Å². The van der Waals surface area contributed by atoms with Crippen molar-refractivity contribution in [1.82, 2.24) is 5.32 Å². The SMILES string of the molecule is COc1ccccc1C(C)NC(=O)CNc1ccc(C)c(C)c1. The molecule has 4 heteroatoms. The zero-order chi connectivity index (χ0) is 16.8. The minimum Gasteiger partial charge on any atom is -0.496 e. The van der Waals surface area contributed by atoms with Gasteiger partial charge in [-0.2, -0.15) is 0 Å². The summed E-state index contributed by atoms with van der Waals surface area (Å²) in [6.07, 6.45) is 0. The molecule has 0 aliphatic carbocycles. The lowest BCUT2D eigenvalue weighted by molar-refractivity contribution is -0.120. The van der Waals surface area contributed by atoms with E-state index in [1.54, 1.807) is 7.11 Å². The number of hydrogen-bond acceptors (Lipinski definition) is 3. The van der Waals surface area contributed by atoms with Crippen molar-refractivity contribution >= 4 is 11.6 Å². The molecule has 2 N–H and O–H groups in total. The smallest absolute Gasteiger partial charge is 0.239 e. The highest BCUT2D eigenvalue weighted by atomic mass is 16.5. The summed E-state index contributed by atoms with van der Waals surface area (Å²) < 4.78 is 5.33. The molecule has 1 unspecified atom stereocenters. The van der Waals surface area contributed by atoms with E-state index in [1.807, 2.05) is 49.4 Å². The highest BCUT2D eigenvalue weighted by molar-refractivity contribution is 5.81. The number of methoxy groups -OCH3 is 1. The van der Waals surface area contributed by atoms with Crippen LogP contribution in [0.15, 0.2) is 42.5 Å². The number of para-hydroxylation sites is 1. The number of ether oxygens (including phenoxy) is 1. The molecule has 2 aromatic carbocycles. The third kappa shape index (κ3) is 4.49. The first-order valence-electron chi connectivity index (χ1n) is 7.74. The van der Waals surface area contributed by atoms with Crippen LogP contribution < -0.4 is 15.4 Å². The Bertz CT molecular complexity index is 683. The molecule has 1 amide bonds. The number of anilines is 1. The summed E-state index contributed by atoms with van der Waals surface area (Å²) in [5.74, 6) is 0.726. The van der Waals surface area contributed by atoms with Gasteiger partial charge in [-0.3, -0.25) is 4.79 Å². The first-order chi connectivity index (χ1) is 11.0. The van der Waals surface area contributed by atoms with E-state index in [2.05, 4.69) is 24.5 Å². The lowest BCUT2D eigenvalue weighted by atomic mass is 10.1. The van der Waals surface area contributed by atoms with Gasteiger partial charge in [-0.05, 0) is 50.1 Å². The van der Waals surface area contributed by atoms with Crippen molar-refractivity contribution in [3.8, 4) is 5.75 Å². The fourth-order valence-corrected chi connectivity index (χ4v) is 2.43. The molecule has 0 bridgehead atoms. The normalized spacial score (nSPS) is 11.7. The number of aryl methyl sites for hydroxylation is 2. The van der Waals surface area contributed by atoms with Crippen molar-refractivity contribution in [1.29, 1.82) is 0 Å². The van der Waals surface area contributed by atoms with E-state index in [0.717, 1.165) is 17.0 Å². The molecule has 2 aromatic rings. The maximum Gasteiger partial charge on any atom is 0.239 e. The van der Waals surface area contributed by atoms with Crippen molar-refractivity contribution in [2.45, 2.75) is 26.8 Å². The fourth-order valence-electron chi connectivity index (χ4n) is 2.43. The van der Waals surface area contributed by atoms with Crippen molar-refractivity contribution in [3.63, 3.8) is 0 Å². The summed E-state index contributed by atoms with van der Waals surface area (Å²) >= 11 is 0. The molecule has 0 aromatic heterocycles. The highest BCUT2D eigenvalue weighted by Crippen LogP contribution is 2.24. The van der Waals surface area contributed by atoms with Crippen LogP contribution in [0, 0.1) is 13.8 Å².